The zero-order valence-electron chi connectivity index (χ0n) is 17.1. The SMILES string of the molecule is COc1ccc2cc(S(=O)(=O)Nc3ccccc3C(=O)NC[C@@H]3CCCO3)ccc2c1. The van der Waals surface area contributed by atoms with Crippen molar-refractivity contribution in [3.8, 4) is 5.75 Å². The van der Waals surface area contributed by atoms with Crippen LogP contribution in [0, 0.1) is 0 Å². The van der Waals surface area contributed by atoms with Crippen molar-refractivity contribution in [1.82, 2.24) is 5.32 Å². The smallest absolute Gasteiger partial charge is 0.261 e. The Morgan fingerprint density at radius 3 is 2.65 bits per heavy atom. The second kappa shape index (κ2) is 8.95. The highest BCUT2D eigenvalue weighted by molar-refractivity contribution is 7.92. The summed E-state index contributed by atoms with van der Waals surface area (Å²) in [5, 5.41) is 4.47. The summed E-state index contributed by atoms with van der Waals surface area (Å²) in [5.41, 5.74) is 0.483. The van der Waals surface area contributed by atoms with Crippen molar-refractivity contribution >= 4 is 32.4 Å². The number of hydrogen-bond acceptors (Lipinski definition) is 5. The molecule has 1 aliphatic heterocycles. The number of rotatable bonds is 7. The molecule has 0 aromatic heterocycles. The number of hydrogen-bond donors (Lipinski definition) is 2. The van der Waals surface area contributed by atoms with Crippen molar-refractivity contribution in [3.63, 3.8) is 0 Å². The quantitative estimate of drug-likeness (QED) is 0.586. The second-order valence-corrected chi connectivity index (χ2v) is 9.05. The third-order valence-electron chi connectivity index (χ3n) is 5.26. The maximum atomic E-state index is 13.0. The van der Waals surface area contributed by atoms with Crippen LogP contribution in [-0.4, -0.2) is 40.7 Å². The molecule has 1 fully saturated rings. The Morgan fingerprint density at radius 2 is 1.87 bits per heavy atom. The standard InChI is InChI=1S/C23H24N2O5S/c1-29-18-10-8-17-14-20(11-9-16(17)13-18)31(27,28)25-22-7-3-2-6-21(22)23(26)24-15-19-5-4-12-30-19/h2-3,6-11,13-14,19,25H,4-5,12,15H2,1H3,(H,24,26)/t19-/m0/s1. The average molecular weight is 441 g/mol. The fourth-order valence-corrected chi connectivity index (χ4v) is 4.69. The number of para-hydroxylation sites is 1. The third kappa shape index (κ3) is 4.81. The van der Waals surface area contributed by atoms with Crippen LogP contribution >= 0.6 is 0 Å². The zero-order valence-corrected chi connectivity index (χ0v) is 17.9. The first-order chi connectivity index (χ1) is 15.0. The van der Waals surface area contributed by atoms with Gasteiger partial charge in [-0.3, -0.25) is 9.52 Å². The van der Waals surface area contributed by atoms with E-state index in [4.69, 9.17) is 9.47 Å². The summed E-state index contributed by atoms with van der Waals surface area (Å²) in [6.07, 6.45) is 1.89. The number of nitrogens with one attached hydrogen (secondary N) is 2. The molecule has 0 aliphatic carbocycles. The summed E-state index contributed by atoms with van der Waals surface area (Å²) in [6, 6.07) is 16.8. The van der Waals surface area contributed by atoms with E-state index in [1.165, 1.54) is 6.07 Å². The lowest BCUT2D eigenvalue weighted by Gasteiger charge is -2.15. The molecule has 0 radical (unpaired) electrons. The normalized spacial score (nSPS) is 16.2. The average Bonchev–Trinajstić information content (AvgIpc) is 3.30. The van der Waals surface area contributed by atoms with Gasteiger partial charge in [0.25, 0.3) is 15.9 Å². The van der Waals surface area contributed by atoms with Crippen LogP contribution in [0.5, 0.6) is 5.75 Å². The summed E-state index contributed by atoms with van der Waals surface area (Å²) < 4.78 is 39.3. The van der Waals surface area contributed by atoms with Gasteiger partial charge in [-0.25, -0.2) is 8.42 Å². The number of ether oxygens (including phenoxy) is 2. The van der Waals surface area contributed by atoms with Crippen LogP contribution in [0.15, 0.2) is 65.6 Å². The largest absolute Gasteiger partial charge is 0.497 e. The van der Waals surface area contributed by atoms with Crippen LogP contribution in [0.2, 0.25) is 0 Å². The van der Waals surface area contributed by atoms with Crippen molar-refractivity contribution in [3.05, 3.63) is 66.2 Å². The molecule has 3 aromatic carbocycles. The van der Waals surface area contributed by atoms with Crippen LogP contribution in [-0.2, 0) is 14.8 Å². The molecule has 0 saturated carbocycles. The molecule has 1 saturated heterocycles. The molecule has 1 amide bonds. The number of amides is 1. The van der Waals surface area contributed by atoms with Gasteiger partial charge in [-0.05, 0) is 60.0 Å². The van der Waals surface area contributed by atoms with Gasteiger partial charge < -0.3 is 14.8 Å². The first-order valence-electron chi connectivity index (χ1n) is 10.1. The molecule has 162 valence electrons. The van der Waals surface area contributed by atoms with Gasteiger partial charge in [0.2, 0.25) is 0 Å². The van der Waals surface area contributed by atoms with E-state index in [1.54, 1.807) is 55.6 Å². The van der Waals surface area contributed by atoms with Crippen molar-refractivity contribution in [2.45, 2.75) is 23.8 Å². The van der Waals surface area contributed by atoms with E-state index in [2.05, 4.69) is 10.0 Å². The summed E-state index contributed by atoms with van der Waals surface area (Å²) in [5.74, 6) is 0.351. The van der Waals surface area contributed by atoms with E-state index >= 15 is 0 Å². The van der Waals surface area contributed by atoms with Gasteiger partial charge in [-0.1, -0.05) is 24.3 Å². The number of fused-ring (bicyclic) bond motifs is 1. The second-order valence-electron chi connectivity index (χ2n) is 7.37. The Kier molecular flexibility index (Phi) is 6.11. The van der Waals surface area contributed by atoms with Gasteiger partial charge in [-0.2, -0.15) is 0 Å². The van der Waals surface area contributed by atoms with Gasteiger partial charge >= 0.3 is 0 Å². The van der Waals surface area contributed by atoms with E-state index in [1.807, 2.05) is 6.07 Å². The van der Waals surface area contributed by atoms with Crippen LogP contribution in [0.1, 0.15) is 23.2 Å². The number of anilines is 1. The monoisotopic (exact) mass is 440 g/mol. The Bertz CT molecular complexity index is 1200. The molecular formula is C23H24N2O5S. The molecule has 0 unspecified atom stereocenters. The molecule has 7 nitrogen and oxygen atoms in total. The number of benzene rings is 3. The highest BCUT2D eigenvalue weighted by Gasteiger charge is 2.21. The highest BCUT2D eigenvalue weighted by Crippen LogP contribution is 2.26. The zero-order chi connectivity index (χ0) is 21.8. The third-order valence-corrected chi connectivity index (χ3v) is 6.62. The molecule has 2 N–H and O–H groups in total. The number of carbonyl (C=O) groups excluding carboxylic acids is 1. The maximum absolute atomic E-state index is 13.0. The minimum absolute atomic E-state index is 0.00373. The Hall–Kier alpha value is -3.10. The van der Waals surface area contributed by atoms with Gasteiger partial charge in [0.15, 0.2) is 0 Å². The summed E-state index contributed by atoms with van der Waals surface area (Å²) in [7, 11) is -2.31. The van der Waals surface area contributed by atoms with Crippen molar-refractivity contribution < 1.29 is 22.7 Å². The van der Waals surface area contributed by atoms with Gasteiger partial charge in [0, 0.05) is 13.2 Å². The molecule has 1 atom stereocenters. The van der Waals surface area contributed by atoms with Gasteiger partial charge in [0.1, 0.15) is 5.75 Å². The first kappa shape index (κ1) is 21.1. The van der Waals surface area contributed by atoms with E-state index in [-0.39, 0.29) is 28.2 Å². The fourth-order valence-electron chi connectivity index (χ4n) is 3.58. The minimum atomic E-state index is -3.89. The molecule has 1 aliphatic rings. The number of carbonyl (C=O) groups is 1. The molecule has 31 heavy (non-hydrogen) atoms. The molecule has 8 heteroatoms. The van der Waals surface area contributed by atoms with Crippen molar-refractivity contribution in [2.24, 2.45) is 0 Å². The summed E-state index contributed by atoms with van der Waals surface area (Å²) in [4.78, 5) is 12.8. The summed E-state index contributed by atoms with van der Waals surface area (Å²) >= 11 is 0. The lowest BCUT2D eigenvalue weighted by molar-refractivity contribution is 0.0858. The molecule has 4 rings (SSSR count). The first-order valence-corrected chi connectivity index (χ1v) is 11.5. The van der Waals surface area contributed by atoms with Crippen LogP contribution < -0.4 is 14.8 Å². The maximum Gasteiger partial charge on any atom is 0.261 e. The lowest BCUT2D eigenvalue weighted by Crippen LogP contribution is -2.32. The van der Waals surface area contributed by atoms with Crippen molar-refractivity contribution in [1.29, 1.82) is 0 Å². The summed E-state index contributed by atoms with van der Waals surface area (Å²) in [6.45, 7) is 1.10. The fraction of sp³-hybridized carbons (Fsp3) is 0.261. The molecule has 1 heterocycles. The Morgan fingerprint density at radius 1 is 1.10 bits per heavy atom. The predicted octanol–water partition coefficient (Wildman–Crippen LogP) is 3.56. The number of methoxy groups -OCH3 is 1. The van der Waals surface area contributed by atoms with E-state index in [0.717, 1.165) is 23.6 Å². The topological polar surface area (TPSA) is 93.7 Å². The van der Waals surface area contributed by atoms with Crippen molar-refractivity contribution in [2.75, 3.05) is 25.0 Å². The van der Waals surface area contributed by atoms with E-state index in [0.29, 0.717) is 18.9 Å². The molecular weight excluding hydrogens is 416 g/mol. The molecule has 0 bridgehead atoms. The van der Waals surface area contributed by atoms with Gasteiger partial charge in [0.05, 0.1) is 29.4 Å². The molecule has 0 spiro atoms. The lowest BCUT2D eigenvalue weighted by atomic mass is 10.1. The van der Waals surface area contributed by atoms with E-state index < -0.39 is 10.0 Å². The minimum Gasteiger partial charge on any atom is -0.497 e. The van der Waals surface area contributed by atoms with Crippen LogP contribution in [0.25, 0.3) is 10.8 Å². The predicted molar refractivity (Wildman–Crippen MR) is 119 cm³/mol. The Balaban J connectivity index is 1.55. The molecule has 3 aromatic rings. The van der Waals surface area contributed by atoms with Crippen LogP contribution in [0.3, 0.4) is 0 Å². The Labute approximate surface area is 181 Å². The van der Waals surface area contributed by atoms with Crippen LogP contribution in [0.4, 0.5) is 5.69 Å². The van der Waals surface area contributed by atoms with Gasteiger partial charge in [-0.15, -0.1) is 0 Å². The highest BCUT2D eigenvalue weighted by atomic mass is 32.2. The van der Waals surface area contributed by atoms with E-state index in [9.17, 15) is 13.2 Å². The number of sulfonamides is 1.